The summed E-state index contributed by atoms with van der Waals surface area (Å²) in [5.41, 5.74) is 5.24. The molecule has 2 aromatic carbocycles. The molecular weight excluding hydrogens is 481 g/mol. The van der Waals surface area contributed by atoms with E-state index in [1.165, 1.54) is 26.3 Å². The average Bonchev–Trinajstić information content (AvgIpc) is 3.26. The summed E-state index contributed by atoms with van der Waals surface area (Å²) in [7, 11) is -3.68. The highest BCUT2D eigenvalue weighted by molar-refractivity contribution is 7.90. The van der Waals surface area contributed by atoms with Gasteiger partial charge in [0, 0.05) is 67.1 Å². The minimum atomic E-state index is -3.68. The Morgan fingerprint density at radius 2 is 2.00 bits per heavy atom. The molecule has 2 aliphatic heterocycles. The number of aromatic nitrogens is 1. The first-order valence-electron chi connectivity index (χ1n) is 12.1. The van der Waals surface area contributed by atoms with Gasteiger partial charge >= 0.3 is 10.2 Å². The third kappa shape index (κ3) is 4.52. The van der Waals surface area contributed by atoms with Gasteiger partial charge in [-0.25, -0.2) is 4.39 Å². The molecule has 0 fully saturated rings. The van der Waals surface area contributed by atoms with E-state index in [9.17, 15) is 17.6 Å². The molecule has 0 atom stereocenters. The van der Waals surface area contributed by atoms with Crippen molar-refractivity contribution in [2.24, 2.45) is 0 Å². The van der Waals surface area contributed by atoms with Crippen molar-refractivity contribution in [1.82, 2.24) is 14.2 Å². The van der Waals surface area contributed by atoms with Crippen molar-refractivity contribution < 1.29 is 17.6 Å². The number of halogens is 1. The van der Waals surface area contributed by atoms with E-state index in [4.69, 9.17) is 0 Å². The van der Waals surface area contributed by atoms with E-state index in [1.807, 2.05) is 26.1 Å². The number of rotatable bonds is 7. The third-order valence-electron chi connectivity index (χ3n) is 6.95. The van der Waals surface area contributed by atoms with Gasteiger partial charge in [-0.1, -0.05) is 6.08 Å². The van der Waals surface area contributed by atoms with Crippen LogP contribution in [0.25, 0.3) is 16.5 Å². The Kier molecular flexibility index (Phi) is 6.59. The lowest BCUT2D eigenvalue weighted by Gasteiger charge is -2.40. The maximum atomic E-state index is 13.5. The molecule has 2 aliphatic rings. The molecular formula is C26H30FN5O3S. The summed E-state index contributed by atoms with van der Waals surface area (Å²) < 4.78 is 43.5. The minimum Gasteiger partial charge on any atom is -0.360 e. The molecule has 0 saturated carbocycles. The molecule has 3 heterocycles. The lowest BCUT2D eigenvalue weighted by Crippen LogP contribution is -2.52. The van der Waals surface area contributed by atoms with Crippen LogP contribution >= 0.6 is 0 Å². The molecule has 0 saturated heterocycles. The zero-order chi connectivity index (χ0) is 25.4. The van der Waals surface area contributed by atoms with Gasteiger partial charge in [0.1, 0.15) is 5.82 Å². The Morgan fingerprint density at radius 1 is 1.17 bits per heavy atom. The molecule has 0 spiro atoms. The van der Waals surface area contributed by atoms with Crippen LogP contribution in [0.5, 0.6) is 0 Å². The molecule has 8 nitrogen and oxygen atoms in total. The monoisotopic (exact) mass is 511 g/mol. The zero-order valence-electron chi connectivity index (χ0n) is 20.4. The van der Waals surface area contributed by atoms with Gasteiger partial charge in [0.15, 0.2) is 0 Å². The smallest absolute Gasteiger partial charge is 0.304 e. The number of carbonyl (C=O) groups excluding carboxylic acids is 1. The first-order chi connectivity index (χ1) is 17.3. The van der Waals surface area contributed by atoms with Gasteiger partial charge in [-0.3, -0.25) is 14.0 Å². The first-order valence-corrected chi connectivity index (χ1v) is 13.5. The number of nitrogens with one attached hydrogen (secondary N) is 2. The van der Waals surface area contributed by atoms with Crippen molar-refractivity contribution in [3.63, 3.8) is 0 Å². The summed E-state index contributed by atoms with van der Waals surface area (Å²) in [5, 5.41) is 3.65. The Morgan fingerprint density at radius 3 is 2.72 bits per heavy atom. The molecule has 0 aliphatic carbocycles. The fourth-order valence-electron chi connectivity index (χ4n) is 5.05. The van der Waals surface area contributed by atoms with E-state index >= 15 is 0 Å². The molecule has 3 aromatic rings. The summed E-state index contributed by atoms with van der Waals surface area (Å²) in [5.74, 6) is -0.263. The number of anilines is 2. The van der Waals surface area contributed by atoms with E-state index in [-0.39, 0.29) is 18.4 Å². The van der Waals surface area contributed by atoms with Gasteiger partial charge in [-0.15, -0.1) is 0 Å². The highest BCUT2D eigenvalue weighted by atomic mass is 32.2. The van der Waals surface area contributed by atoms with Crippen molar-refractivity contribution in [3.8, 4) is 0 Å². The second kappa shape index (κ2) is 9.68. The first kappa shape index (κ1) is 24.5. The maximum Gasteiger partial charge on any atom is 0.304 e. The van der Waals surface area contributed by atoms with Gasteiger partial charge in [-0.05, 0) is 67.8 Å². The lowest BCUT2D eigenvalue weighted by molar-refractivity contribution is -0.105. The summed E-state index contributed by atoms with van der Waals surface area (Å²) in [6.07, 6.45) is 5.54. The van der Waals surface area contributed by atoms with Crippen LogP contribution in [-0.2, 0) is 21.5 Å². The number of hydrogen-bond acceptors (Lipinski definition) is 4. The highest BCUT2D eigenvalue weighted by Gasteiger charge is 2.38. The number of hydrogen-bond donors (Lipinski definition) is 2. The standard InChI is InChI=1S/C26H30FN5O3S/c1-18(2)32-16-20-13-22(29-17-33)4-6-26(20)31(36(32,34)35)12-11-30-9-7-19(8-10-30)24-15-28-25-14-21(27)3-5-23(24)25/h3-7,13-15,17-18,28H,8-12,16H2,1-2H3,(H,29,33). The number of amides is 1. The molecule has 36 heavy (non-hydrogen) atoms. The minimum absolute atomic E-state index is 0.196. The van der Waals surface area contributed by atoms with Gasteiger partial charge in [0.05, 0.1) is 5.69 Å². The number of nitrogens with zero attached hydrogens (tertiary/aromatic N) is 3. The molecule has 10 heteroatoms. The predicted molar refractivity (Wildman–Crippen MR) is 140 cm³/mol. The van der Waals surface area contributed by atoms with Crippen LogP contribution in [0.3, 0.4) is 0 Å². The number of H-pyrrole nitrogens is 1. The largest absolute Gasteiger partial charge is 0.360 e. The van der Waals surface area contributed by atoms with Gasteiger partial charge in [0.2, 0.25) is 6.41 Å². The molecule has 1 aromatic heterocycles. The topological polar surface area (TPSA) is 88.8 Å². The van der Waals surface area contributed by atoms with Gasteiger partial charge < -0.3 is 10.3 Å². The van der Waals surface area contributed by atoms with Crippen LogP contribution < -0.4 is 9.62 Å². The van der Waals surface area contributed by atoms with E-state index in [1.54, 1.807) is 18.2 Å². The second-order valence-electron chi connectivity index (χ2n) is 9.50. The Balaban J connectivity index is 1.33. The van der Waals surface area contributed by atoms with E-state index in [0.717, 1.165) is 35.0 Å². The van der Waals surface area contributed by atoms with Crippen LogP contribution in [0.1, 0.15) is 31.4 Å². The molecule has 0 bridgehead atoms. The number of aromatic amines is 1. The Hall–Kier alpha value is -3.21. The van der Waals surface area contributed by atoms with E-state index in [0.29, 0.717) is 37.4 Å². The number of carbonyl (C=O) groups is 1. The third-order valence-corrected chi connectivity index (χ3v) is 9.03. The Bertz CT molecular complexity index is 1430. The van der Waals surface area contributed by atoms with Crippen molar-refractivity contribution in [1.29, 1.82) is 0 Å². The van der Waals surface area contributed by atoms with Crippen LogP contribution in [0.2, 0.25) is 0 Å². The normalized spacial score (nSPS) is 18.3. The molecule has 0 radical (unpaired) electrons. The Labute approximate surface area is 210 Å². The van der Waals surface area contributed by atoms with Crippen LogP contribution in [0.15, 0.2) is 48.7 Å². The van der Waals surface area contributed by atoms with Crippen molar-refractivity contribution in [2.45, 2.75) is 32.9 Å². The summed E-state index contributed by atoms with van der Waals surface area (Å²) in [4.78, 5) is 16.3. The quantitative estimate of drug-likeness (QED) is 0.471. The van der Waals surface area contributed by atoms with Crippen LogP contribution in [0, 0.1) is 5.82 Å². The van der Waals surface area contributed by atoms with Crippen LogP contribution in [0.4, 0.5) is 15.8 Å². The average molecular weight is 512 g/mol. The molecule has 0 unspecified atom stereocenters. The lowest BCUT2D eigenvalue weighted by atomic mass is 9.99. The molecule has 190 valence electrons. The van der Waals surface area contributed by atoms with Crippen molar-refractivity contribution in [2.75, 3.05) is 35.8 Å². The fourth-order valence-corrected chi connectivity index (χ4v) is 6.88. The summed E-state index contributed by atoms with van der Waals surface area (Å²) in [6, 6.07) is 9.92. The van der Waals surface area contributed by atoms with E-state index < -0.39 is 10.2 Å². The number of benzene rings is 2. The highest BCUT2D eigenvalue weighted by Crippen LogP contribution is 2.35. The van der Waals surface area contributed by atoms with Crippen molar-refractivity contribution >= 4 is 44.5 Å². The predicted octanol–water partition coefficient (Wildman–Crippen LogP) is 3.94. The molecule has 2 N–H and O–H groups in total. The summed E-state index contributed by atoms with van der Waals surface area (Å²) in [6.45, 7) is 6.42. The number of fused-ring (bicyclic) bond motifs is 2. The fraction of sp³-hybridized carbons (Fsp3) is 0.346. The van der Waals surface area contributed by atoms with E-state index in [2.05, 4.69) is 21.3 Å². The second-order valence-corrected chi connectivity index (χ2v) is 11.3. The maximum absolute atomic E-state index is 13.5. The molecule has 1 amide bonds. The molecule has 5 rings (SSSR count). The van der Waals surface area contributed by atoms with Gasteiger partial charge in [-0.2, -0.15) is 12.7 Å². The SMILES string of the molecule is CC(C)N1Cc2cc(NC=O)ccc2N(CCN2CC=C(c3c[nH]c4cc(F)ccc34)CC2)S1(=O)=O. The van der Waals surface area contributed by atoms with Gasteiger partial charge in [0.25, 0.3) is 0 Å². The zero-order valence-corrected chi connectivity index (χ0v) is 21.2. The van der Waals surface area contributed by atoms with Crippen molar-refractivity contribution in [3.05, 3.63) is 65.6 Å². The summed E-state index contributed by atoms with van der Waals surface area (Å²) >= 11 is 0. The van der Waals surface area contributed by atoms with Crippen LogP contribution in [-0.4, -0.2) is 61.2 Å².